The van der Waals surface area contributed by atoms with Gasteiger partial charge in [0.15, 0.2) is 5.82 Å². The molecule has 120 valence electrons. The number of benzene rings is 1. The summed E-state index contributed by atoms with van der Waals surface area (Å²) >= 11 is 0. The molecule has 9 heteroatoms. The van der Waals surface area contributed by atoms with Gasteiger partial charge >= 0.3 is 6.03 Å². The van der Waals surface area contributed by atoms with E-state index in [0.717, 1.165) is 32.4 Å². The van der Waals surface area contributed by atoms with Crippen molar-refractivity contribution in [3.05, 3.63) is 23.8 Å². The molecule has 4 N–H and O–H groups in total. The maximum Gasteiger partial charge on any atom is 0.316 e. The van der Waals surface area contributed by atoms with Crippen molar-refractivity contribution >= 4 is 17.6 Å². The van der Waals surface area contributed by atoms with Gasteiger partial charge in [-0.25, -0.2) is 9.89 Å². The van der Waals surface area contributed by atoms with E-state index in [1.807, 2.05) is 4.90 Å². The molecule has 0 bridgehead atoms. The molecule has 1 saturated heterocycles. The Morgan fingerprint density at radius 1 is 1.22 bits per heavy atom. The van der Waals surface area contributed by atoms with Crippen LogP contribution in [-0.2, 0) is 0 Å². The Balaban J connectivity index is 1.94. The van der Waals surface area contributed by atoms with Gasteiger partial charge in [-0.05, 0) is 47.9 Å². The van der Waals surface area contributed by atoms with Gasteiger partial charge in [-0.15, -0.1) is 5.10 Å². The number of rotatable bonds is 3. The number of aromatic nitrogens is 4. The van der Waals surface area contributed by atoms with Gasteiger partial charge in [0.2, 0.25) is 0 Å². The van der Waals surface area contributed by atoms with Crippen molar-refractivity contribution < 1.29 is 9.59 Å². The first kappa shape index (κ1) is 14.9. The van der Waals surface area contributed by atoms with Gasteiger partial charge < -0.3 is 16.0 Å². The third-order valence-corrected chi connectivity index (χ3v) is 3.77. The highest BCUT2D eigenvalue weighted by Crippen LogP contribution is 2.27. The molecule has 9 nitrogen and oxygen atoms in total. The molecule has 1 fully saturated rings. The first-order valence-electron chi connectivity index (χ1n) is 7.39. The maximum atomic E-state index is 12.6. The SMILES string of the molecule is NC(=O)Nc1ccc(C(=O)N2CCCCC2)cc1-c1nnn[nH]1. The molecule has 1 aromatic heterocycles. The summed E-state index contributed by atoms with van der Waals surface area (Å²) in [7, 11) is 0. The molecule has 1 aliphatic heterocycles. The average molecular weight is 315 g/mol. The van der Waals surface area contributed by atoms with E-state index in [9.17, 15) is 9.59 Å². The van der Waals surface area contributed by atoms with Gasteiger partial charge in [-0.3, -0.25) is 4.79 Å². The Bertz CT molecular complexity index is 708. The number of urea groups is 1. The average Bonchev–Trinajstić information content (AvgIpc) is 3.09. The summed E-state index contributed by atoms with van der Waals surface area (Å²) in [6.45, 7) is 1.53. The predicted octanol–water partition coefficient (Wildman–Crippen LogP) is 0.983. The van der Waals surface area contributed by atoms with Crippen molar-refractivity contribution in [2.45, 2.75) is 19.3 Å². The lowest BCUT2D eigenvalue weighted by Gasteiger charge is -2.27. The minimum atomic E-state index is -0.700. The highest BCUT2D eigenvalue weighted by Gasteiger charge is 2.20. The smallest absolute Gasteiger partial charge is 0.316 e. The number of hydrogen-bond acceptors (Lipinski definition) is 5. The van der Waals surface area contributed by atoms with Crippen molar-refractivity contribution in [2.75, 3.05) is 18.4 Å². The standard InChI is InChI=1S/C14H17N7O2/c15-14(23)16-11-5-4-9(8-10(11)12-17-19-20-18-12)13(22)21-6-2-1-3-7-21/h4-5,8H,1-3,6-7H2,(H3,15,16,23)(H,17,18,19,20). The molecule has 1 aromatic carbocycles. The second-order valence-corrected chi connectivity index (χ2v) is 5.35. The van der Waals surface area contributed by atoms with E-state index in [0.29, 0.717) is 22.6 Å². The molecule has 3 rings (SSSR count). The van der Waals surface area contributed by atoms with Crippen LogP contribution in [0.2, 0.25) is 0 Å². The summed E-state index contributed by atoms with van der Waals surface area (Å²) in [4.78, 5) is 25.6. The molecule has 0 atom stereocenters. The van der Waals surface area contributed by atoms with E-state index in [2.05, 4.69) is 25.9 Å². The topological polar surface area (TPSA) is 130 Å². The van der Waals surface area contributed by atoms with Gasteiger partial charge in [0.25, 0.3) is 5.91 Å². The quantitative estimate of drug-likeness (QED) is 0.777. The van der Waals surface area contributed by atoms with Crippen LogP contribution in [0, 0.1) is 0 Å². The summed E-state index contributed by atoms with van der Waals surface area (Å²) in [6.07, 6.45) is 3.19. The number of tetrazole rings is 1. The van der Waals surface area contributed by atoms with E-state index in [4.69, 9.17) is 5.73 Å². The van der Waals surface area contributed by atoms with Gasteiger partial charge in [0, 0.05) is 24.2 Å². The number of carbonyl (C=O) groups excluding carboxylic acids is 2. The van der Waals surface area contributed by atoms with Crippen molar-refractivity contribution in [3.8, 4) is 11.4 Å². The third-order valence-electron chi connectivity index (χ3n) is 3.77. The molecule has 0 radical (unpaired) electrons. The number of nitrogens with zero attached hydrogens (tertiary/aromatic N) is 4. The highest BCUT2D eigenvalue weighted by molar-refractivity contribution is 5.99. The molecule has 2 heterocycles. The Labute approximate surface area is 132 Å². The van der Waals surface area contributed by atoms with Gasteiger partial charge in [0.1, 0.15) is 0 Å². The van der Waals surface area contributed by atoms with Crippen LogP contribution in [0.1, 0.15) is 29.6 Å². The van der Waals surface area contributed by atoms with Gasteiger partial charge in [0.05, 0.1) is 5.69 Å². The lowest BCUT2D eigenvalue weighted by Crippen LogP contribution is -2.35. The minimum Gasteiger partial charge on any atom is -0.351 e. The summed E-state index contributed by atoms with van der Waals surface area (Å²) in [5.74, 6) is 0.311. The molecule has 3 amide bonds. The van der Waals surface area contributed by atoms with Crippen LogP contribution in [0.4, 0.5) is 10.5 Å². The van der Waals surface area contributed by atoms with E-state index in [1.54, 1.807) is 18.2 Å². The molecule has 2 aromatic rings. The Morgan fingerprint density at radius 3 is 2.65 bits per heavy atom. The molecule has 0 aliphatic carbocycles. The van der Waals surface area contributed by atoms with Crippen molar-refractivity contribution in [1.82, 2.24) is 25.5 Å². The maximum absolute atomic E-state index is 12.6. The zero-order chi connectivity index (χ0) is 16.2. The number of anilines is 1. The Kier molecular flexibility index (Phi) is 4.18. The molecule has 0 unspecified atom stereocenters. The summed E-state index contributed by atoms with van der Waals surface area (Å²) < 4.78 is 0. The second-order valence-electron chi connectivity index (χ2n) is 5.35. The number of aromatic amines is 1. The second kappa shape index (κ2) is 6.42. The zero-order valence-corrected chi connectivity index (χ0v) is 12.5. The van der Waals surface area contributed by atoms with E-state index < -0.39 is 6.03 Å². The fraction of sp³-hybridized carbons (Fsp3) is 0.357. The minimum absolute atomic E-state index is 0.0379. The Hall–Kier alpha value is -2.97. The van der Waals surface area contributed by atoms with Crippen LogP contribution in [0.15, 0.2) is 18.2 Å². The van der Waals surface area contributed by atoms with Crippen LogP contribution in [0.25, 0.3) is 11.4 Å². The summed E-state index contributed by atoms with van der Waals surface area (Å²) in [6, 6.07) is 4.24. The van der Waals surface area contributed by atoms with Crippen molar-refractivity contribution in [2.24, 2.45) is 5.73 Å². The normalized spacial score (nSPS) is 14.5. The summed E-state index contributed by atoms with van der Waals surface area (Å²) in [5, 5.41) is 16.0. The predicted molar refractivity (Wildman–Crippen MR) is 82.6 cm³/mol. The number of nitrogens with one attached hydrogen (secondary N) is 2. The Morgan fingerprint density at radius 2 is 2.00 bits per heavy atom. The first-order valence-corrected chi connectivity index (χ1v) is 7.39. The van der Waals surface area contributed by atoms with Crippen LogP contribution >= 0.6 is 0 Å². The molecule has 0 spiro atoms. The molecule has 23 heavy (non-hydrogen) atoms. The number of H-pyrrole nitrogens is 1. The zero-order valence-electron chi connectivity index (χ0n) is 12.5. The molecule has 0 saturated carbocycles. The molecular weight excluding hydrogens is 298 g/mol. The van der Waals surface area contributed by atoms with Crippen molar-refractivity contribution in [1.29, 1.82) is 0 Å². The number of primary amides is 1. The van der Waals surface area contributed by atoms with Crippen LogP contribution in [0.3, 0.4) is 0 Å². The highest BCUT2D eigenvalue weighted by atomic mass is 16.2. The number of likely N-dealkylation sites (tertiary alicyclic amines) is 1. The first-order chi connectivity index (χ1) is 11.1. The van der Waals surface area contributed by atoms with E-state index >= 15 is 0 Å². The van der Waals surface area contributed by atoms with Crippen molar-refractivity contribution in [3.63, 3.8) is 0 Å². The monoisotopic (exact) mass is 315 g/mol. The van der Waals surface area contributed by atoms with Crippen LogP contribution in [-0.4, -0.2) is 50.6 Å². The van der Waals surface area contributed by atoms with E-state index in [-0.39, 0.29) is 5.91 Å². The fourth-order valence-corrected chi connectivity index (χ4v) is 2.67. The number of hydrogen-bond donors (Lipinski definition) is 3. The third kappa shape index (κ3) is 3.28. The number of amides is 3. The lowest BCUT2D eigenvalue weighted by molar-refractivity contribution is 0.0724. The van der Waals surface area contributed by atoms with Crippen LogP contribution < -0.4 is 11.1 Å². The largest absolute Gasteiger partial charge is 0.351 e. The number of nitrogens with two attached hydrogens (primary N) is 1. The summed E-state index contributed by atoms with van der Waals surface area (Å²) in [5.41, 5.74) is 6.64. The van der Waals surface area contributed by atoms with E-state index in [1.165, 1.54) is 0 Å². The van der Waals surface area contributed by atoms with Gasteiger partial charge in [-0.2, -0.15) is 0 Å². The van der Waals surface area contributed by atoms with Crippen LogP contribution in [0.5, 0.6) is 0 Å². The number of carbonyl (C=O) groups is 2. The molecular formula is C14H17N7O2. The molecule has 1 aliphatic rings. The van der Waals surface area contributed by atoms with Gasteiger partial charge in [-0.1, -0.05) is 0 Å². The fourth-order valence-electron chi connectivity index (χ4n) is 2.67. The number of piperidine rings is 1. The lowest BCUT2D eigenvalue weighted by atomic mass is 10.0.